The summed E-state index contributed by atoms with van der Waals surface area (Å²) in [5, 5.41) is 0. The van der Waals surface area contributed by atoms with Gasteiger partial charge in [-0.05, 0) is 30.3 Å². The summed E-state index contributed by atoms with van der Waals surface area (Å²) < 4.78 is 2.34. The molecule has 0 bridgehead atoms. The van der Waals surface area contributed by atoms with Gasteiger partial charge >= 0.3 is 0 Å². The summed E-state index contributed by atoms with van der Waals surface area (Å²) in [6.07, 6.45) is 0. The molecule has 1 aromatic heterocycles. The van der Waals surface area contributed by atoms with Gasteiger partial charge in [-0.25, -0.2) is 4.98 Å². The maximum Gasteiger partial charge on any atom is 0.124 e. The molecule has 0 saturated heterocycles. The zero-order valence-corrected chi connectivity index (χ0v) is 15.0. The fraction of sp³-hybridized carbons (Fsp3) is 0.174. The van der Waals surface area contributed by atoms with E-state index in [0.29, 0.717) is 0 Å². The normalized spacial score (nSPS) is 11.3. The summed E-state index contributed by atoms with van der Waals surface area (Å²) in [6, 6.07) is 29.6. The number of nitrogens with zero attached hydrogens (tertiary/aromatic N) is 3. The Labute approximate surface area is 154 Å². The Morgan fingerprint density at radius 1 is 0.731 bits per heavy atom. The molecule has 0 aliphatic rings. The second-order valence-corrected chi connectivity index (χ2v) is 6.75. The van der Waals surface area contributed by atoms with Crippen LogP contribution >= 0.6 is 0 Å². The molecule has 0 spiro atoms. The average Bonchev–Trinajstić information content (AvgIpc) is 3.00. The Morgan fingerprint density at radius 2 is 1.35 bits per heavy atom. The molecule has 26 heavy (non-hydrogen) atoms. The van der Waals surface area contributed by atoms with Crippen molar-refractivity contribution in [3.8, 4) is 0 Å². The van der Waals surface area contributed by atoms with Gasteiger partial charge in [-0.15, -0.1) is 0 Å². The number of benzene rings is 3. The van der Waals surface area contributed by atoms with E-state index in [1.807, 2.05) is 0 Å². The van der Waals surface area contributed by atoms with Gasteiger partial charge in [0, 0.05) is 13.1 Å². The Hall–Kier alpha value is -2.91. The predicted octanol–water partition coefficient (Wildman–Crippen LogP) is 4.72. The Morgan fingerprint density at radius 3 is 2.08 bits per heavy atom. The molecule has 4 aromatic rings. The van der Waals surface area contributed by atoms with Crippen LogP contribution in [-0.2, 0) is 19.6 Å². The lowest BCUT2D eigenvalue weighted by Gasteiger charge is -2.18. The largest absolute Gasteiger partial charge is 0.322 e. The summed E-state index contributed by atoms with van der Waals surface area (Å²) in [5.74, 6) is 1.11. The molecule has 0 N–H and O–H groups in total. The van der Waals surface area contributed by atoms with Crippen LogP contribution in [0.5, 0.6) is 0 Å². The lowest BCUT2D eigenvalue weighted by molar-refractivity contribution is 0.306. The maximum absolute atomic E-state index is 4.91. The highest BCUT2D eigenvalue weighted by Gasteiger charge is 2.13. The van der Waals surface area contributed by atoms with E-state index in [2.05, 4.69) is 101 Å². The molecule has 4 rings (SSSR count). The first-order valence-corrected chi connectivity index (χ1v) is 9.00. The summed E-state index contributed by atoms with van der Waals surface area (Å²) >= 11 is 0. The summed E-state index contributed by atoms with van der Waals surface area (Å²) in [4.78, 5) is 7.23. The van der Waals surface area contributed by atoms with Crippen LogP contribution in [-0.4, -0.2) is 21.5 Å². The molecule has 0 amide bonds. The Kier molecular flexibility index (Phi) is 4.80. The SMILES string of the molecule is CN(Cc1ccccc1)Cc1nc2ccccc2n1Cc1ccccc1. The average molecular weight is 341 g/mol. The monoisotopic (exact) mass is 341 g/mol. The van der Waals surface area contributed by atoms with Crippen LogP contribution in [0.3, 0.4) is 0 Å². The molecule has 0 unspecified atom stereocenters. The molecule has 0 aliphatic heterocycles. The van der Waals surface area contributed by atoms with Crippen molar-refractivity contribution in [1.82, 2.24) is 14.5 Å². The first-order chi connectivity index (χ1) is 12.8. The van der Waals surface area contributed by atoms with E-state index in [0.717, 1.165) is 31.0 Å². The number of fused-ring (bicyclic) bond motifs is 1. The standard InChI is InChI=1S/C23H23N3/c1-25(16-19-10-4-2-5-11-19)18-23-24-21-14-8-9-15-22(21)26(23)17-20-12-6-3-7-13-20/h2-15H,16-18H2,1H3. The van der Waals surface area contributed by atoms with Gasteiger partial charge in [0.2, 0.25) is 0 Å². The smallest absolute Gasteiger partial charge is 0.124 e. The van der Waals surface area contributed by atoms with E-state index >= 15 is 0 Å². The fourth-order valence-corrected chi connectivity index (χ4v) is 3.38. The molecule has 3 aromatic carbocycles. The molecular formula is C23H23N3. The lowest BCUT2D eigenvalue weighted by atomic mass is 10.2. The second kappa shape index (κ2) is 7.54. The highest BCUT2D eigenvalue weighted by molar-refractivity contribution is 5.76. The van der Waals surface area contributed by atoms with Gasteiger partial charge < -0.3 is 4.57 Å². The summed E-state index contributed by atoms with van der Waals surface area (Å²) in [5.41, 5.74) is 4.87. The van der Waals surface area contributed by atoms with Crippen LogP contribution in [0, 0.1) is 0 Å². The van der Waals surface area contributed by atoms with Gasteiger partial charge in [0.15, 0.2) is 0 Å². The molecule has 0 aliphatic carbocycles. The van der Waals surface area contributed by atoms with Crippen LogP contribution in [0.4, 0.5) is 0 Å². The molecule has 0 atom stereocenters. The molecule has 3 nitrogen and oxygen atoms in total. The quantitative estimate of drug-likeness (QED) is 0.506. The predicted molar refractivity (Wildman–Crippen MR) is 107 cm³/mol. The van der Waals surface area contributed by atoms with Crippen molar-refractivity contribution in [2.24, 2.45) is 0 Å². The molecule has 0 radical (unpaired) electrons. The van der Waals surface area contributed by atoms with Crippen molar-refractivity contribution in [1.29, 1.82) is 0 Å². The highest BCUT2D eigenvalue weighted by atomic mass is 15.2. The van der Waals surface area contributed by atoms with E-state index in [1.165, 1.54) is 16.6 Å². The maximum atomic E-state index is 4.91. The minimum Gasteiger partial charge on any atom is -0.322 e. The van der Waals surface area contributed by atoms with Gasteiger partial charge in [-0.3, -0.25) is 4.90 Å². The molecule has 0 fully saturated rings. The van der Waals surface area contributed by atoms with E-state index in [1.54, 1.807) is 0 Å². The van der Waals surface area contributed by atoms with E-state index < -0.39 is 0 Å². The van der Waals surface area contributed by atoms with E-state index in [-0.39, 0.29) is 0 Å². The van der Waals surface area contributed by atoms with Crippen molar-refractivity contribution in [3.63, 3.8) is 0 Å². The van der Waals surface area contributed by atoms with Crippen molar-refractivity contribution in [2.75, 3.05) is 7.05 Å². The number of para-hydroxylation sites is 2. The van der Waals surface area contributed by atoms with Gasteiger partial charge in [0.05, 0.1) is 17.6 Å². The molecular weight excluding hydrogens is 318 g/mol. The second-order valence-electron chi connectivity index (χ2n) is 6.75. The third-order valence-electron chi connectivity index (χ3n) is 4.62. The Bertz CT molecular complexity index is 974. The molecule has 130 valence electrons. The van der Waals surface area contributed by atoms with Crippen LogP contribution in [0.2, 0.25) is 0 Å². The molecule has 1 heterocycles. The van der Waals surface area contributed by atoms with Crippen molar-refractivity contribution in [2.45, 2.75) is 19.6 Å². The fourth-order valence-electron chi connectivity index (χ4n) is 3.38. The van der Waals surface area contributed by atoms with Gasteiger partial charge in [-0.2, -0.15) is 0 Å². The third-order valence-corrected chi connectivity index (χ3v) is 4.62. The van der Waals surface area contributed by atoms with E-state index in [4.69, 9.17) is 4.98 Å². The minimum absolute atomic E-state index is 0.816. The first-order valence-electron chi connectivity index (χ1n) is 9.00. The first kappa shape index (κ1) is 16.6. The number of aromatic nitrogens is 2. The highest BCUT2D eigenvalue weighted by Crippen LogP contribution is 2.19. The van der Waals surface area contributed by atoms with Crippen LogP contribution in [0.1, 0.15) is 17.0 Å². The number of hydrogen-bond donors (Lipinski definition) is 0. The van der Waals surface area contributed by atoms with E-state index in [9.17, 15) is 0 Å². The van der Waals surface area contributed by atoms with Crippen LogP contribution < -0.4 is 0 Å². The number of imidazole rings is 1. The topological polar surface area (TPSA) is 21.1 Å². The Balaban J connectivity index is 1.62. The third kappa shape index (κ3) is 3.68. The number of hydrogen-bond acceptors (Lipinski definition) is 2. The zero-order chi connectivity index (χ0) is 17.8. The zero-order valence-electron chi connectivity index (χ0n) is 15.0. The van der Waals surface area contributed by atoms with Crippen LogP contribution in [0.15, 0.2) is 84.9 Å². The van der Waals surface area contributed by atoms with Crippen molar-refractivity contribution < 1.29 is 0 Å². The molecule has 3 heteroatoms. The van der Waals surface area contributed by atoms with Crippen molar-refractivity contribution >= 4 is 11.0 Å². The van der Waals surface area contributed by atoms with Gasteiger partial charge in [0.1, 0.15) is 5.82 Å². The summed E-state index contributed by atoms with van der Waals surface area (Å²) in [6.45, 7) is 2.57. The van der Waals surface area contributed by atoms with Crippen molar-refractivity contribution in [3.05, 3.63) is 102 Å². The summed E-state index contributed by atoms with van der Waals surface area (Å²) in [7, 11) is 2.15. The lowest BCUT2D eigenvalue weighted by Crippen LogP contribution is -2.20. The van der Waals surface area contributed by atoms with Gasteiger partial charge in [-0.1, -0.05) is 72.8 Å². The van der Waals surface area contributed by atoms with Crippen LogP contribution in [0.25, 0.3) is 11.0 Å². The number of rotatable bonds is 6. The molecule has 0 saturated carbocycles. The minimum atomic E-state index is 0.816. The van der Waals surface area contributed by atoms with Gasteiger partial charge in [0.25, 0.3) is 0 Å².